The number of rotatable bonds is 6. The summed E-state index contributed by atoms with van der Waals surface area (Å²) in [6.45, 7) is 2.65. The van der Waals surface area contributed by atoms with Crippen LogP contribution >= 0.6 is 11.6 Å². The number of hydrogen-bond donors (Lipinski definition) is 1. The van der Waals surface area contributed by atoms with Crippen molar-refractivity contribution in [1.29, 1.82) is 0 Å². The van der Waals surface area contributed by atoms with Gasteiger partial charge >= 0.3 is 0 Å². The third-order valence-electron chi connectivity index (χ3n) is 2.76. The molecule has 2 aromatic rings. The van der Waals surface area contributed by atoms with Crippen molar-refractivity contribution < 1.29 is 14.0 Å². The molecule has 1 heterocycles. The van der Waals surface area contributed by atoms with Crippen LogP contribution < -0.4 is 15.2 Å². The van der Waals surface area contributed by atoms with Crippen LogP contribution in [0.2, 0.25) is 5.02 Å². The lowest BCUT2D eigenvalue weighted by atomic mass is 10.1. The molecule has 2 rings (SSSR count). The molecule has 0 radical (unpaired) electrons. The lowest BCUT2D eigenvalue weighted by molar-refractivity contribution is 0.239. The summed E-state index contributed by atoms with van der Waals surface area (Å²) in [4.78, 5) is 0. The van der Waals surface area contributed by atoms with Gasteiger partial charge in [0.05, 0.1) is 17.8 Å². The molecule has 0 spiro atoms. The molecule has 6 heteroatoms. The van der Waals surface area contributed by atoms with Crippen LogP contribution in [0, 0.1) is 6.92 Å². The average molecular weight is 297 g/mol. The zero-order valence-electron chi connectivity index (χ0n) is 11.5. The Bertz CT molecular complexity index is 584. The first kappa shape index (κ1) is 14.7. The maximum Gasteiger partial charge on any atom is 0.180 e. The van der Waals surface area contributed by atoms with Gasteiger partial charge in [-0.2, -0.15) is 0 Å². The largest absolute Gasteiger partial charge is 0.493 e. The highest BCUT2D eigenvalue weighted by Gasteiger charge is 2.13. The molecule has 0 fully saturated rings. The van der Waals surface area contributed by atoms with Crippen LogP contribution in [0.4, 0.5) is 0 Å². The molecule has 0 aliphatic rings. The maximum absolute atomic E-state index is 6.23. The van der Waals surface area contributed by atoms with E-state index in [-0.39, 0.29) is 6.61 Å². The van der Waals surface area contributed by atoms with E-state index in [2.05, 4.69) is 5.16 Å². The Kier molecular flexibility index (Phi) is 4.87. The molecule has 0 atom stereocenters. The van der Waals surface area contributed by atoms with E-state index in [9.17, 15) is 0 Å². The summed E-state index contributed by atoms with van der Waals surface area (Å²) in [5, 5.41) is 4.29. The van der Waals surface area contributed by atoms with E-state index in [1.54, 1.807) is 7.11 Å². The first-order valence-corrected chi connectivity index (χ1v) is 6.63. The van der Waals surface area contributed by atoms with Crippen LogP contribution in [0.5, 0.6) is 11.5 Å². The number of ether oxygens (including phenoxy) is 2. The van der Waals surface area contributed by atoms with E-state index < -0.39 is 0 Å². The van der Waals surface area contributed by atoms with Crippen molar-refractivity contribution in [2.45, 2.75) is 20.0 Å². The van der Waals surface area contributed by atoms with Gasteiger partial charge in [-0.1, -0.05) is 16.8 Å². The molecule has 1 aromatic carbocycles. The summed E-state index contributed by atoms with van der Waals surface area (Å²) in [6, 6.07) is 5.51. The van der Waals surface area contributed by atoms with E-state index >= 15 is 0 Å². The summed E-state index contributed by atoms with van der Waals surface area (Å²) in [5.74, 6) is 1.70. The molecule has 108 valence electrons. The SMILES string of the molecule is COc1cc(CCN)cc(Cl)c1OCc1cc(C)no1. The molecule has 5 nitrogen and oxygen atoms in total. The second-order valence-corrected chi connectivity index (χ2v) is 4.78. The van der Waals surface area contributed by atoms with Gasteiger partial charge in [-0.25, -0.2) is 0 Å². The third kappa shape index (κ3) is 3.43. The van der Waals surface area contributed by atoms with E-state index in [1.165, 1.54) is 0 Å². The average Bonchev–Trinajstić information content (AvgIpc) is 2.83. The zero-order chi connectivity index (χ0) is 14.5. The Labute approximate surface area is 122 Å². The summed E-state index contributed by atoms with van der Waals surface area (Å²) >= 11 is 6.23. The van der Waals surface area contributed by atoms with Gasteiger partial charge in [-0.15, -0.1) is 0 Å². The molecule has 0 saturated heterocycles. The summed E-state index contributed by atoms with van der Waals surface area (Å²) in [5.41, 5.74) is 7.36. The highest BCUT2D eigenvalue weighted by Crippen LogP contribution is 2.37. The number of methoxy groups -OCH3 is 1. The first-order valence-electron chi connectivity index (χ1n) is 6.25. The Balaban J connectivity index is 2.17. The fraction of sp³-hybridized carbons (Fsp3) is 0.357. The molecular weight excluding hydrogens is 280 g/mol. The molecule has 0 amide bonds. The highest BCUT2D eigenvalue weighted by molar-refractivity contribution is 6.32. The number of hydrogen-bond acceptors (Lipinski definition) is 5. The number of nitrogens with zero attached hydrogens (tertiary/aromatic N) is 1. The molecule has 0 aliphatic carbocycles. The quantitative estimate of drug-likeness (QED) is 0.887. The van der Waals surface area contributed by atoms with E-state index in [4.69, 9.17) is 31.3 Å². The smallest absolute Gasteiger partial charge is 0.180 e. The molecule has 0 bridgehead atoms. The number of benzene rings is 1. The molecule has 1 aromatic heterocycles. The van der Waals surface area contributed by atoms with Crippen molar-refractivity contribution in [1.82, 2.24) is 5.16 Å². The highest BCUT2D eigenvalue weighted by atomic mass is 35.5. The van der Waals surface area contributed by atoms with Crippen LogP contribution in [-0.2, 0) is 13.0 Å². The lowest BCUT2D eigenvalue weighted by Crippen LogP contribution is -2.04. The van der Waals surface area contributed by atoms with Crippen LogP contribution in [-0.4, -0.2) is 18.8 Å². The molecule has 20 heavy (non-hydrogen) atoms. The molecule has 0 saturated carbocycles. The van der Waals surface area contributed by atoms with Gasteiger partial charge in [0.15, 0.2) is 17.3 Å². The van der Waals surface area contributed by atoms with E-state index in [1.807, 2.05) is 25.1 Å². The van der Waals surface area contributed by atoms with Gasteiger partial charge in [0.1, 0.15) is 6.61 Å². The fourth-order valence-corrected chi connectivity index (χ4v) is 2.14. The number of aromatic nitrogens is 1. The van der Waals surface area contributed by atoms with Gasteiger partial charge in [-0.05, 0) is 37.6 Å². The normalized spacial score (nSPS) is 10.6. The zero-order valence-corrected chi connectivity index (χ0v) is 12.2. The van der Waals surface area contributed by atoms with Crippen molar-refractivity contribution in [3.05, 3.63) is 40.2 Å². The Morgan fingerprint density at radius 1 is 1.35 bits per heavy atom. The number of halogens is 1. The number of aryl methyl sites for hydroxylation is 1. The number of nitrogens with two attached hydrogens (primary N) is 1. The third-order valence-corrected chi connectivity index (χ3v) is 3.04. The molecule has 0 aliphatic heterocycles. The maximum atomic E-state index is 6.23. The van der Waals surface area contributed by atoms with Crippen LogP contribution in [0.15, 0.2) is 22.7 Å². The summed E-state index contributed by atoms with van der Waals surface area (Å²) in [6.07, 6.45) is 0.734. The second-order valence-electron chi connectivity index (χ2n) is 4.37. The standard InChI is InChI=1S/C14H17ClN2O3/c1-9-5-11(20-17-9)8-19-14-12(15)6-10(3-4-16)7-13(14)18-2/h5-7H,3-4,8,16H2,1-2H3. The van der Waals surface area contributed by atoms with Crippen molar-refractivity contribution in [3.63, 3.8) is 0 Å². The molecule has 0 unspecified atom stereocenters. The van der Waals surface area contributed by atoms with Crippen molar-refractivity contribution in [2.24, 2.45) is 5.73 Å². The van der Waals surface area contributed by atoms with Crippen molar-refractivity contribution in [2.75, 3.05) is 13.7 Å². The van der Waals surface area contributed by atoms with Crippen LogP contribution in [0.1, 0.15) is 17.0 Å². The minimum Gasteiger partial charge on any atom is -0.493 e. The van der Waals surface area contributed by atoms with Crippen LogP contribution in [0.25, 0.3) is 0 Å². The van der Waals surface area contributed by atoms with Gasteiger partial charge in [0, 0.05) is 6.07 Å². The monoisotopic (exact) mass is 296 g/mol. The van der Waals surface area contributed by atoms with Gasteiger partial charge < -0.3 is 19.7 Å². The Morgan fingerprint density at radius 3 is 2.75 bits per heavy atom. The van der Waals surface area contributed by atoms with Gasteiger partial charge in [0.2, 0.25) is 0 Å². The topological polar surface area (TPSA) is 70.5 Å². The first-order chi connectivity index (χ1) is 9.63. The Hall–Kier alpha value is -1.72. The van der Waals surface area contributed by atoms with Crippen LogP contribution in [0.3, 0.4) is 0 Å². The van der Waals surface area contributed by atoms with E-state index in [0.717, 1.165) is 17.7 Å². The van der Waals surface area contributed by atoms with Crippen molar-refractivity contribution in [3.8, 4) is 11.5 Å². The predicted octanol–water partition coefficient (Wildman–Crippen LogP) is 2.73. The second kappa shape index (κ2) is 6.63. The predicted molar refractivity (Wildman–Crippen MR) is 76.3 cm³/mol. The minimum absolute atomic E-state index is 0.243. The lowest BCUT2D eigenvalue weighted by Gasteiger charge is -2.13. The Morgan fingerprint density at radius 2 is 2.15 bits per heavy atom. The summed E-state index contributed by atoms with van der Waals surface area (Å²) < 4.78 is 16.1. The van der Waals surface area contributed by atoms with Gasteiger partial charge in [0.25, 0.3) is 0 Å². The minimum atomic E-state index is 0.243. The van der Waals surface area contributed by atoms with E-state index in [0.29, 0.717) is 28.8 Å². The van der Waals surface area contributed by atoms with Crippen molar-refractivity contribution >= 4 is 11.6 Å². The molecular formula is C14H17ClN2O3. The fourth-order valence-electron chi connectivity index (χ4n) is 1.85. The summed E-state index contributed by atoms with van der Waals surface area (Å²) in [7, 11) is 1.57. The molecule has 2 N–H and O–H groups in total. The van der Waals surface area contributed by atoms with Gasteiger partial charge in [-0.3, -0.25) is 0 Å².